The molecule has 0 heterocycles. The van der Waals surface area contributed by atoms with E-state index in [1.807, 2.05) is 24.3 Å². The van der Waals surface area contributed by atoms with Crippen LogP contribution in [-0.2, 0) is 50.3 Å². The molecule has 0 saturated heterocycles. The number of methoxy groups -OCH3 is 4. The number of hydrogen-bond acceptors (Lipinski definition) is 13. The Hall–Kier alpha value is -6.83. The Kier molecular flexibility index (Phi) is 16.5. The Bertz CT molecular complexity index is 3410. The molecule has 0 aliphatic carbocycles. The lowest BCUT2D eigenvalue weighted by Gasteiger charge is -2.14. The summed E-state index contributed by atoms with van der Waals surface area (Å²) in [6.45, 7) is 0. The lowest BCUT2D eigenvalue weighted by molar-refractivity contribution is 0.414. The molecule has 8 aromatic carbocycles. The second-order valence-electron chi connectivity index (χ2n) is 14.9. The van der Waals surface area contributed by atoms with Gasteiger partial charge in [-0.2, -0.15) is 0 Å². The van der Waals surface area contributed by atoms with Crippen molar-refractivity contribution in [2.24, 2.45) is 0 Å². The molecule has 0 unspecified atom stereocenters. The third-order valence-electron chi connectivity index (χ3n) is 10.5. The van der Waals surface area contributed by atoms with Gasteiger partial charge < -0.3 is 24.7 Å². The van der Waals surface area contributed by atoms with Gasteiger partial charge in [-0.1, -0.05) is 60.7 Å². The van der Waals surface area contributed by atoms with E-state index in [9.17, 15) is 33.7 Å². The van der Waals surface area contributed by atoms with Gasteiger partial charge in [-0.3, -0.25) is 4.72 Å². The van der Waals surface area contributed by atoms with Gasteiger partial charge >= 0.3 is 0 Å². The number of nitrogen functional groups attached to an aromatic ring is 1. The Labute approximate surface area is 406 Å². The minimum absolute atomic E-state index is 0.0693. The largest absolute Gasteiger partial charge is 0.497 e. The third-order valence-corrected chi connectivity index (χ3v) is 16.7. The summed E-state index contributed by atoms with van der Waals surface area (Å²) in [5.74, 6) is 2.04. The van der Waals surface area contributed by atoms with Crippen molar-refractivity contribution in [1.82, 2.24) is 0 Å². The molecule has 360 valence electrons. The van der Waals surface area contributed by atoms with Crippen LogP contribution in [0.15, 0.2) is 189 Å². The van der Waals surface area contributed by atoms with E-state index in [0.717, 1.165) is 16.3 Å². The lowest BCUT2D eigenvalue weighted by Crippen LogP contribution is -2.13. The highest BCUT2D eigenvalue weighted by Gasteiger charge is 2.21. The second-order valence-corrected chi connectivity index (χ2v) is 23.2. The molecule has 0 bridgehead atoms. The molecule has 0 aliphatic rings. The van der Waals surface area contributed by atoms with Crippen molar-refractivity contribution >= 4 is 82.4 Å². The number of fused-ring (bicyclic) bond motifs is 2. The van der Waals surface area contributed by atoms with Crippen LogP contribution in [0.2, 0.25) is 0 Å². The summed E-state index contributed by atoms with van der Waals surface area (Å²) in [6, 6.07) is 45.9. The van der Waals surface area contributed by atoms with E-state index in [4.69, 9.17) is 35.4 Å². The second kappa shape index (κ2) is 22.1. The fraction of sp³-hybridized carbons (Fsp3) is 0.120. The molecule has 3 N–H and O–H groups in total. The SMILES string of the molecule is COc1ccc(S(=O)(=O)Cc2ccc(N)c3ccccc23)cc1.COc1ccc(S(=O)(=O)Cc2ccc(NS(=O)(=O)c3ccc(OC)cc3)c3ccccc23)cc1.COc1ccc(S(=O)(=O)Cl)cc1. The Morgan fingerprint density at radius 3 is 1.13 bits per heavy atom. The van der Waals surface area contributed by atoms with Crippen LogP contribution in [0.4, 0.5) is 11.4 Å². The molecule has 19 heteroatoms. The van der Waals surface area contributed by atoms with Crippen molar-refractivity contribution in [1.29, 1.82) is 0 Å². The zero-order valence-corrected chi connectivity index (χ0v) is 41.6. The quantitative estimate of drug-likeness (QED) is 0.0768. The van der Waals surface area contributed by atoms with Gasteiger partial charge in [0.25, 0.3) is 19.1 Å². The molecule has 0 aliphatic heterocycles. The minimum Gasteiger partial charge on any atom is -0.497 e. The predicted molar refractivity (Wildman–Crippen MR) is 270 cm³/mol. The molecule has 8 rings (SSSR count). The molecule has 8 aromatic rings. The van der Waals surface area contributed by atoms with E-state index in [1.165, 1.54) is 69.9 Å². The molecule has 0 spiro atoms. The van der Waals surface area contributed by atoms with Gasteiger partial charge in [-0.15, -0.1) is 0 Å². The summed E-state index contributed by atoms with van der Waals surface area (Å²) in [5.41, 5.74) is 8.28. The lowest BCUT2D eigenvalue weighted by atomic mass is 10.0. The third kappa shape index (κ3) is 13.0. The first-order valence-electron chi connectivity index (χ1n) is 20.5. The van der Waals surface area contributed by atoms with E-state index < -0.39 is 38.7 Å². The van der Waals surface area contributed by atoms with E-state index in [-0.39, 0.29) is 31.1 Å². The van der Waals surface area contributed by atoms with Crippen LogP contribution in [0.1, 0.15) is 11.1 Å². The summed E-state index contributed by atoms with van der Waals surface area (Å²) >= 11 is 0. The number of benzene rings is 8. The molecule has 0 atom stereocenters. The van der Waals surface area contributed by atoms with Gasteiger partial charge in [0.05, 0.1) is 65.2 Å². The minimum atomic E-state index is -3.86. The number of anilines is 2. The molecule has 0 radical (unpaired) electrons. The van der Waals surface area contributed by atoms with Crippen molar-refractivity contribution < 1.29 is 52.6 Å². The van der Waals surface area contributed by atoms with E-state index >= 15 is 0 Å². The van der Waals surface area contributed by atoms with Crippen molar-refractivity contribution in [3.05, 3.63) is 181 Å². The highest BCUT2D eigenvalue weighted by Crippen LogP contribution is 2.32. The summed E-state index contributed by atoms with van der Waals surface area (Å²) in [5, 5.41) is 2.98. The molecule has 0 fully saturated rings. The number of sulfonamides is 1. The van der Waals surface area contributed by atoms with Crippen molar-refractivity contribution in [2.45, 2.75) is 31.1 Å². The number of nitrogens with one attached hydrogen (secondary N) is 1. The Morgan fingerprint density at radius 1 is 0.406 bits per heavy atom. The topological polar surface area (TPSA) is 212 Å². The molecule has 14 nitrogen and oxygen atoms in total. The number of hydrogen-bond donors (Lipinski definition) is 2. The number of ether oxygens (including phenoxy) is 4. The van der Waals surface area contributed by atoms with Crippen LogP contribution in [0, 0.1) is 0 Å². The van der Waals surface area contributed by atoms with E-state index in [0.29, 0.717) is 50.7 Å². The van der Waals surface area contributed by atoms with Crippen LogP contribution < -0.4 is 29.4 Å². The van der Waals surface area contributed by atoms with Crippen LogP contribution in [0.3, 0.4) is 0 Å². The number of nitrogens with two attached hydrogens (primary N) is 1. The first-order chi connectivity index (χ1) is 32.8. The zero-order chi connectivity index (χ0) is 50.0. The van der Waals surface area contributed by atoms with Crippen molar-refractivity contribution in [3.8, 4) is 23.0 Å². The summed E-state index contributed by atoms with van der Waals surface area (Å²) in [6.07, 6.45) is 0. The average molecular weight is 1030 g/mol. The fourth-order valence-electron chi connectivity index (χ4n) is 6.93. The summed E-state index contributed by atoms with van der Waals surface area (Å²) < 4.78 is 121. The van der Waals surface area contributed by atoms with Gasteiger partial charge in [-0.25, -0.2) is 33.7 Å². The van der Waals surface area contributed by atoms with Crippen LogP contribution in [0.25, 0.3) is 21.5 Å². The van der Waals surface area contributed by atoms with Crippen molar-refractivity contribution in [2.75, 3.05) is 38.9 Å². The van der Waals surface area contributed by atoms with Crippen LogP contribution >= 0.6 is 10.7 Å². The summed E-state index contributed by atoms with van der Waals surface area (Å²) in [4.78, 5) is 0.620. The zero-order valence-electron chi connectivity index (χ0n) is 37.6. The Morgan fingerprint density at radius 2 is 0.739 bits per heavy atom. The smallest absolute Gasteiger partial charge is 0.261 e. The molecule has 69 heavy (non-hydrogen) atoms. The highest BCUT2D eigenvalue weighted by atomic mass is 35.7. The van der Waals surface area contributed by atoms with E-state index in [1.54, 1.807) is 104 Å². The fourth-order valence-corrected chi connectivity index (χ4v) is 11.5. The maximum absolute atomic E-state index is 13.0. The molecule has 0 saturated carbocycles. The van der Waals surface area contributed by atoms with Gasteiger partial charge in [-0.05, 0) is 131 Å². The van der Waals surface area contributed by atoms with Crippen molar-refractivity contribution in [3.63, 3.8) is 0 Å². The first-order valence-corrected chi connectivity index (χ1v) is 27.6. The van der Waals surface area contributed by atoms with Gasteiger partial charge in [0.15, 0.2) is 19.7 Å². The van der Waals surface area contributed by atoms with E-state index in [2.05, 4.69) is 4.72 Å². The van der Waals surface area contributed by atoms with Crippen LogP contribution in [0.5, 0.6) is 23.0 Å². The van der Waals surface area contributed by atoms with Gasteiger partial charge in [0.2, 0.25) is 0 Å². The van der Waals surface area contributed by atoms with Crippen LogP contribution in [-0.4, -0.2) is 62.1 Å². The maximum atomic E-state index is 13.0. The Balaban J connectivity index is 0.000000191. The number of rotatable bonds is 14. The molecule has 0 amide bonds. The number of sulfone groups is 2. The molecular formula is C50H47ClN2O12S4. The van der Waals surface area contributed by atoms with Gasteiger partial charge in [0, 0.05) is 27.1 Å². The first kappa shape index (κ1) is 51.6. The maximum Gasteiger partial charge on any atom is 0.261 e. The molecular weight excluding hydrogens is 984 g/mol. The molecule has 0 aromatic heterocycles. The predicted octanol–water partition coefficient (Wildman–Crippen LogP) is 9.66. The monoisotopic (exact) mass is 1030 g/mol. The highest BCUT2D eigenvalue weighted by molar-refractivity contribution is 8.13. The summed E-state index contributed by atoms with van der Waals surface area (Å²) in [7, 11) is -3.39. The standard InChI is InChI=1S/C25H23NO6S2.C18H17NO3S.C7H7ClO3S/c1-31-19-8-12-21(13-9-19)33(27,28)17-18-7-16-25(24-6-4-3-5-23(18)24)26-34(29,30)22-14-10-20(32-2)11-15-22;1-22-14-7-9-15(10-8-14)23(20,21)12-13-6-11-18(19)17-5-3-2-4-16(13)17;1-11-6-2-4-7(5-3-6)12(8,9)10/h3-16,26H,17H2,1-2H3;2-11H,12,19H2,1H3;2-5H,1H3. The normalized spacial score (nSPS) is 11.6. The van der Waals surface area contributed by atoms with Gasteiger partial charge in [0.1, 0.15) is 23.0 Å². The average Bonchev–Trinajstić information content (AvgIpc) is 3.35. The number of halogens is 1.